The maximum atomic E-state index is 12.3. The van der Waals surface area contributed by atoms with Crippen molar-refractivity contribution in [1.82, 2.24) is 10.2 Å². The molecule has 192 valence electrons. The first kappa shape index (κ1) is 23.9. The number of fused-ring (bicyclic) bond motifs is 3. The minimum Gasteiger partial charge on any atom is -0.497 e. The number of benzene rings is 2. The van der Waals surface area contributed by atoms with Gasteiger partial charge in [0.25, 0.3) is 0 Å². The van der Waals surface area contributed by atoms with Gasteiger partial charge in [-0.25, -0.2) is 0 Å². The topological polar surface area (TPSA) is 60.0 Å². The number of methoxy groups -OCH3 is 1. The highest BCUT2D eigenvalue weighted by atomic mass is 16.6. The number of nitrogens with zero attached hydrogens (tertiary/aromatic N) is 1. The molecular weight excluding hydrogens is 464 g/mol. The highest BCUT2D eigenvalue weighted by Crippen LogP contribution is 2.42. The van der Waals surface area contributed by atoms with Crippen molar-refractivity contribution in [1.29, 1.82) is 0 Å². The van der Waals surface area contributed by atoms with Crippen molar-refractivity contribution < 1.29 is 19.0 Å². The van der Waals surface area contributed by atoms with Crippen molar-refractivity contribution in [3.8, 4) is 11.5 Å². The monoisotopic (exact) mass is 498 g/mol. The summed E-state index contributed by atoms with van der Waals surface area (Å²) in [7, 11) is 1.70. The van der Waals surface area contributed by atoms with Gasteiger partial charge in [0.15, 0.2) is 0 Å². The van der Waals surface area contributed by atoms with Crippen LogP contribution in [0.5, 0.6) is 11.5 Å². The number of hydrogen-bond donors (Lipinski definition) is 1. The van der Waals surface area contributed by atoms with E-state index in [1.807, 2.05) is 18.2 Å². The molecule has 0 radical (unpaired) electrons. The average molecular weight is 499 g/mol. The molecule has 6 nitrogen and oxygen atoms in total. The van der Waals surface area contributed by atoms with Gasteiger partial charge in [-0.15, -0.1) is 0 Å². The van der Waals surface area contributed by atoms with E-state index in [-0.39, 0.29) is 5.97 Å². The molecule has 1 N–H and O–H groups in total. The third-order valence-corrected chi connectivity index (χ3v) is 8.02. The maximum Gasteiger partial charge on any atom is 0.311 e. The van der Waals surface area contributed by atoms with Crippen LogP contribution in [0, 0.1) is 0 Å². The van der Waals surface area contributed by atoms with Crippen LogP contribution < -0.4 is 14.8 Å². The summed E-state index contributed by atoms with van der Waals surface area (Å²) in [6, 6.07) is 14.3. The van der Waals surface area contributed by atoms with Crippen LogP contribution in [0.2, 0.25) is 0 Å². The second kappa shape index (κ2) is 10.1. The minimum atomic E-state index is -0.448. The van der Waals surface area contributed by atoms with Gasteiger partial charge < -0.3 is 24.4 Å². The first-order valence-electron chi connectivity index (χ1n) is 13.3. The number of piperidine rings is 1. The van der Waals surface area contributed by atoms with Gasteiger partial charge in [0.2, 0.25) is 0 Å². The maximum absolute atomic E-state index is 12.3. The zero-order valence-corrected chi connectivity index (χ0v) is 21.4. The van der Waals surface area contributed by atoms with E-state index in [2.05, 4.69) is 52.7 Å². The van der Waals surface area contributed by atoms with Crippen molar-refractivity contribution in [3.63, 3.8) is 0 Å². The van der Waals surface area contributed by atoms with E-state index >= 15 is 0 Å². The molecule has 1 saturated heterocycles. The summed E-state index contributed by atoms with van der Waals surface area (Å²) in [5.41, 5.74) is 6.51. The molecule has 6 heteroatoms. The smallest absolute Gasteiger partial charge is 0.311 e. The van der Waals surface area contributed by atoms with Crippen molar-refractivity contribution in [2.24, 2.45) is 0 Å². The Balaban J connectivity index is 1.13. The molecule has 0 saturated carbocycles. The molecule has 37 heavy (non-hydrogen) atoms. The van der Waals surface area contributed by atoms with Gasteiger partial charge in [-0.3, -0.25) is 4.79 Å². The summed E-state index contributed by atoms with van der Waals surface area (Å²) >= 11 is 0. The van der Waals surface area contributed by atoms with Gasteiger partial charge in [-0.2, -0.15) is 0 Å². The second-order valence-corrected chi connectivity index (χ2v) is 10.2. The molecule has 6 rings (SSSR count). The molecule has 0 aromatic heterocycles. The lowest BCUT2D eigenvalue weighted by Crippen LogP contribution is -2.48. The van der Waals surface area contributed by atoms with Crippen LogP contribution in [0.25, 0.3) is 5.57 Å². The minimum absolute atomic E-state index is 0.0945. The van der Waals surface area contributed by atoms with Crippen LogP contribution >= 0.6 is 0 Å². The van der Waals surface area contributed by atoms with E-state index in [4.69, 9.17) is 14.2 Å². The van der Waals surface area contributed by atoms with E-state index in [1.54, 1.807) is 7.11 Å². The van der Waals surface area contributed by atoms with Crippen molar-refractivity contribution >= 4 is 11.5 Å². The van der Waals surface area contributed by atoms with Crippen LogP contribution in [0.1, 0.15) is 42.4 Å². The number of unbranched alkanes of at least 4 members (excludes halogenated alkanes) is 1. The van der Waals surface area contributed by atoms with Gasteiger partial charge in [-0.1, -0.05) is 42.5 Å². The molecular formula is C31H34N2O4. The predicted octanol–water partition coefficient (Wildman–Crippen LogP) is 4.76. The van der Waals surface area contributed by atoms with E-state index in [0.717, 1.165) is 80.2 Å². The number of carbonyl (C=O) groups is 1. The second-order valence-electron chi connectivity index (χ2n) is 10.2. The Kier molecular flexibility index (Phi) is 6.51. The van der Waals surface area contributed by atoms with Crippen LogP contribution in [0.3, 0.4) is 0 Å². The van der Waals surface area contributed by atoms with Gasteiger partial charge >= 0.3 is 5.97 Å². The lowest BCUT2D eigenvalue weighted by molar-refractivity contribution is -0.169. The standard InChI is InChI=1S/C31H34N2O4/c1-35-23-11-12-29-26(20-23)24(25-9-6-15-32-28(25)21-36-29)8-4-5-16-33-17-13-31(14-18-33)27-10-3-2-7-22(27)19-30(34)37-31/h2-3,6-12,20,32H,4-5,13-19,21H2,1H3/b24-8+. The Morgan fingerprint density at radius 1 is 1.16 bits per heavy atom. The molecule has 0 atom stereocenters. The molecule has 2 aromatic carbocycles. The molecule has 1 fully saturated rings. The Morgan fingerprint density at radius 2 is 2.03 bits per heavy atom. The lowest BCUT2D eigenvalue weighted by atomic mass is 9.79. The summed E-state index contributed by atoms with van der Waals surface area (Å²) in [6.07, 6.45) is 10.9. The fraction of sp³-hybridized carbons (Fsp3) is 0.387. The lowest BCUT2D eigenvalue weighted by Gasteiger charge is -2.44. The van der Waals surface area contributed by atoms with Crippen molar-refractivity contribution in [2.75, 3.05) is 39.9 Å². The third kappa shape index (κ3) is 4.66. The molecule has 0 bridgehead atoms. The molecule has 4 aliphatic rings. The van der Waals surface area contributed by atoms with Crippen molar-refractivity contribution in [3.05, 3.63) is 88.7 Å². The first-order valence-corrected chi connectivity index (χ1v) is 13.3. The zero-order valence-electron chi connectivity index (χ0n) is 21.4. The Labute approximate surface area is 218 Å². The number of carbonyl (C=O) groups excluding carboxylic acids is 1. The normalized spacial score (nSPS) is 21.3. The quantitative estimate of drug-likeness (QED) is 0.474. The number of dihydropyridines is 1. The number of esters is 1. The largest absolute Gasteiger partial charge is 0.497 e. The summed E-state index contributed by atoms with van der Waals surface area (Å²) in [6.45, 7) is 4.27. The highest BCUT2D eigenvalue weighted by molar-refractivity contribution is 5.87. The van der Waals surface area contributed by atoms with Gasteiger partial charge in [0.1, 0.15) is 23.7 Å². The van der Waals surface area contributed by atoms with Crippen LogP contribution in [0.15, 0.2) is 72.0 Å². The SMILES string of the molecule is COc1ccc2c(c1)/C(=C/CCCN1CCC3(CC1)OC(=O)Cc1ccccc13)C1=C(CO2)NCC=C1. The Bertz CT molecular complexity index is 1280. The molecule has 0 amide bonds. The third-order valence-electron chi connectivity index (χ3n) is 8.02. The first-order chi connectivity index (χ1) is 18.1. The number of nitrogens with one attached hydrogen (secondary N) is 1. The summed E-state index contributed by atoms with van der Waals surface area (Å²) < 4.78 is 17.7. The zero-order chi connectivity index (χ0) is 25.2. The highest BCUT2D eigenvalue weighted by Gasteiger charge is 2.43. The van der Waals surface area contributed by atoms with E-state index in [0.29, 0.717) is 13.0 Å². The number of ether oxygens (including phenoxy) is 3. The molecule has 0 aliphatic carbocycles. The number of hydrogen-bond acceptors (Lipinski definition) is 6. The number of rotatable bonds is 5. The summed E-state index contributed by atoms with van der Waals surface area (Å²) in [5.74, 6) is 1.63. The Hall–Kier alpha value is -3.51. The fourth-order valence-electron chi connectivity index (χ4n) is 6.08. The van der Waals surface area contributed by atoms with Gasteiger partial charge in [0.05, 0.1) is 19.2 Å². The van der Waals surface area contributed by atoms with E-state index < -0.39 is 5.60 Å². The predicted molar refractivity (Wildman–Crippen MR) is 143 cm³/mol. The van der Waals surface area contributed by atoms with Gasteiger partial charge in [0, 0.05) is 43.6 Å². The van der Waals surface area contributed by atoms with E-state index in [9.17, 15) is 4.79 Å². The summed E-state index contributed by atoms with van der Waals surface area (Å²) in [4.78, 5) is 14.8. The Morgan fingerprint density at radius 3 is 2.89 bits per heavy atom. The molecule has 1 spiro atoms. The fourth-order valence-corrected chi connectivity index (χ4v) is 6.08. The van der Waals surface area contributed by atoms with E-state index in [1.165, 1.54) is 16.7 Å². The van der Waals surface area contributed by atoms with Crippen molar-refractivity contribution in [2.45, 2.75) is 37.7 Å². The molecule has 0 unspecified atom stereocenters. The van der Waals surface area contributed by atoms with Gasteiger partial charge in [-0.05, 0) is 54.3 Å². The molecule has 2 aromatic rings. The summed E-state index contributed by atoms with van der Waals surface area (Å²) in [5, 5.41) is 3.49. The number of allylic oxidation sites excluding steroid dienone is 4. The molecule has 4 heterocycles. The molecule has 4 aliphatic heterocycles. The number of likely N-dealkylation sites (tertiary alicyclic amines) is 1. The average Bonchev–Trinajstić information content (AvgIpc) is 3.08. The van der Waals surface area contributed by atoms with Crippen LogP contribution in [-0.2, 0) is 21.6 Å². The van der Waals surface area contributed by atoms with Crippen LogP contribution in [0.4, 0.5) is 0 Å². The van der Waals surface area contributed by atoms with Crippen LogP contribution in [-0.4, -0.2) is 50.8 Å².